The van der Waals surface area contributed by atoms with Crippen molar-refractivity contribution in [1.82, 2.24) is 0 Å². The highest BCUT2D eigenvalue weighted by molar-refractivity contribution is 9.09. The first-order valence-electron chi connectivity index (χ1n) is 5.82. The molecule has 0 saturated carbocycles. The molecule has 0 aliphatic rings. The normalized spacial score (nSPS) is 12.2. The predicted octanol–water partition coefficient (Wildman–Crippen LogP) is 5.17. The Hall–Kier alpha value is -1.06. The lowest BCUT2D eigenvalue weighted by Gasteiger charge is -2.13. The topological polar surface area (TPSA) is 9.23 Å². The second-order valence-corrected chi connectivity index (χ2v) is 5.67. The van der Waals surface area contributed by atoms with Crippen LogP contribution in [0.3, 0.4) is 0 Å². The number of methoxy groups -OCH3 is 1. The van der Waals surface area contributed by atoms with Gasteiger partial charge in [0, 0.05) is 9.85 Å². The molecular formula is C15H13BrClFO. The molecule has 0 radical (unpaired) electrons. The van der Waals surface area contributed by atoms with Gasteiger partial charge in [0.2, 0.25) is 0 Å². The maximum atomic E-state index is 13.4. The van der Waals surface area contributed by atoms with E-state index in [-0.39, 0.29) is 16.4 Å². The summed E-state index contributed by atoms with van der Waals surface area (Å²) in [6, 6.07) is 12.6. The van der Waals surface area contributed by atoms with Gasteiger partial charge in [-0.05, 0) is 35.7 Å². The summed E-state index contributed by atoms with van der Waals surface area (Å²) < 4.78 is 18.4. The van der Waals surface area contributed by atoms with E-state index >= 15 is 0 Å². The van der Waals surface area contributed by atoms with Crippen molar-refractivity contribution in [2.45, 2.75) is 11.2 Å². The smallest absolute Gasteiger partial charge is 0.165 e. The fourth-order valence-corrected chi connectivity index (χ4v) is 2.69. The Kier molecular flexibility index (Phi) is 4.83. The van der Waals surface area contributed by atoms with Crippen molar-refractivity contribution >= 4 is 27.5 Å². The first-order chi connectivity index (χ1) is 9.11. The predicted molar refractivity (Wildman–Crippen MR) is 79.8 cm³/mol. The van der Waals surface area contributed by atoms with Crippen LogP contribution in [0.25, 0.3) is 0 Å². The van der Waals surface area contributed by atoms with Gasteiger partial charge in [-0.3, -0.25) is 0 Å². The first-order valence-corrected chi connectivity index (χ1v) is 7.12. The van der Waals surface area contributed by atoms with Gasteiger partial charge in [0.15, 0.2) is 11.6 Å². The zero-order valence-electron chi connectivity index (χ0n) is 10.4. The number of halogens is 3. The maximum absolute atomic E-state index is 13.4. The van der Waals surface area contributed by atoms with Crippen molar-refractivity contribution in [3.63, 3.8) is 0 Å². The third-order valence-corrected chi connectivity index (χ3v) is 4.11. The summed E-state index contributed by atoms with van der Waals surface area (Å²) >= 11 is 9.74. The highest BCUT2D eigenvalue weighted by Gasteiger charge is 2.13. The van der Waals surface area contributed by atoms with E-state index in [1.165, 1.54) is 13.2 Å². The van der Waals surface area contributed by atoms with Crippen molar-refractivity contribution in [3.05, 3.63) is 64.4 Å². The number of ether oxygens (including phenoxy) is 1. The third-order valence-electron chi connectivity index (χ3n) is 2.89. The van der Waals surface area contributed by atoms with Gasteiger partial charge in [0.1, 0.15) is 0 Å². The monoisotopic (exact) mass is 342 g/mol. The molecule has 19 heavy (non-hydrogen) atoms. The highest BCUT2D eigenvalue weighted by atomic mass is 79.9. The summed E-state index contributed by atoms with van der Waals surface area (Å²) in [6.45, 7) is 0. The van der Waals surface area contributed by atoms with Gasteiger partial charge in [0.05, 0.1) is 7.11 Å². The zero-order chi connectivity index (χ0) is 13.8. The van der Waals surface area contributed by atoms with E-state index < -0.39 is 0 Å². The molecule has 0 spiro atoms. The summed E-state index contributed by atoms with van der Waals surface area (Å²) in [5.74, 6) is -0.107. The Morgan fingerprint density at radius 3 is 2.68 bits per heavy atom. The molecule has 0 bridgehead atoms. The molecule has 2 aromatic rings. The molecule has 2 rings (SSSR count). The maximum Gasteiger partial charge on any atom is 0.165 e. The summed E-state index contributed by atoms with van der Waals surface area (Å²) in [5.41, 5.74) is 2.01. The van der Waals surface area contributed by atoms with Crippen LogP contribution in [0.4, 0.5) is 4.39 Å². The largest absolute Gasteiger partial charge is 0.494 e. The van der Waals surface area contributed by atoms with E-state index in [1.807, 2.05) is 24.3 Å². The van der Waals surface area contributed by atoms with Gasteiger partial charge in [-0.2, -0.15) is 0 Å². The summed E-state index contributed by atoms with van der Waals surface area (Å²) in [7, 11) is 1.46. The van der Waals surface area contributed by atoms with Gasteiger partial charge in [-0.15, -0.1) is 0 Å². The molecule has 100 valence electrons. The molecule has 0 aliphatic heterocycles. The second kappa shape index (κ2) is 6.40. The van der Waals surface area contributed by atoms with Crippen molar-refractivity contribution in [2.75, 3.05) is 7.11 Å². The fraction of sp³-hybridized carbons (Fsp3) is 0.200. The molecular weight excluding hydrogens is 331 g/mol. The molecule has 0 heterocycles. The van der Waals surface area contributed by atoms with Gasteiger partial charge in [0.25, 0.3) is 0 Å². The Balaban J connectivity index is 2.20. The fourth-order valence-electron chi connectivity index (χ4n) is 1.85. The lowest BCUT2D eigenvalue weighted by atomic mass is 10.0. The second-order valence-electron chi connectivity index (χ2n) is 4.16. The van der Waals surface area contributed by atoms with Crippen LogP contribution < -0.4 is 4.74 Å². The Morgan fingerprint density at radius 1 is 1.26 bits per heavy atom. The quantitative estimate of drug-likeness (QED) is 0.696. The molecule has 0 aliphatic carbocycles. The molecule has 1 unspecified atom stereocenters. The van der Waals surface area contributed by atoms with E-state index in [0.29, 0.717) is 0 Å². The van der Waals surface area contributed by atoms with Crippen LogP contribution in [0.1, 0.15) is 16.0 Å². The molecule has 0 fully saturated rings. The number of alkyl halides is 1. The van der Waals surface area contributed by atoms with Crippen molar-refractivity contribution < 1.29 is 9.13 Å². The summed E-state index contributed by atoms with van der Waals surface area (Å²) in [6.07, 6.45) is 0.731. The first kappa shape index (κ1) is 14.4. The zero-order valence-corrected chi connectivity index (χ0v) is 12.7. The van der Waals surface area contributed by atoms with Gasteiger partial charge in [-0.25, -0.2) is 4.39 Å². The molecule has 0 amide bonds. The molecule has 4 heteroatoms. The van der Waals surface area contributed by atoms with E-state index in [9.17, 15) is 4.39 Å². The number of rotatable bonds is 4. The average Bonchev–Trinajstić information content (AvgIpc) is 2.42. The van der Waals surface area contributed by atoms with Crippen molar-refractivity contribution in [2.24, 2.45) is 0 Å². The summed E-state index contributed by atoms with van der Waals surface area (Å²) in [5, 5.41) is 0.737. The lowest BCUT2D eigenvalue weighted by Crippen LogP contribution is -1.98. The van der Waals surface area contributed by atoms with Gasteiger partial charge in [-0.1, -0.05) is 51.8 Å². The molecule has 0 N–H and O–H groups in total. The minimum atomic E-state index is -0.358. The SMILES string of the molecule is COc1cc(C(Br)Cc2ccccc2Cl)ccc1F. The number of benzene rings is 2. The van der Waals surface area contributed by atoms with E-state index in [4.69, 9.17) is 16.3 Å². The molecule has 0 aromatic heterocycles. The Morgan fingerprint density at radius 2 is 2.00 bits per heavy atom. The van der Waals surface area contributed by atoms with E-state index in [2.05, 4.69) is 15.9 Å². The van der Waals surface area contributed by atoms with Crippen LogP contribution >= 0.6 is 27.5 Å². The van der Waals surface area contributed by atoms with Crippen molar-refractivity contribution in [3.8, 4) is 5.75 Å². The average molecular weight is 344 g/mol. The Bertz CT molecular complexity index is 574. The van der Waals surface area contributed by atoms with E-state index in [0.717, 1.165) is 22.6 Å². The van der Waals surface area contributed by atoms with Gasteiger partial charge >= 0.3 is 0 Å². The third kappa shape index (κ3) is 3.48. The standard InChI is InChI=1S/C15H13BrClFO/c1-19-15-9-10(6-7-14(15)18)12(16)8-11-4-2-3-5-13(11)17/h2-7,9,12H,8H2,1H3. The minimum Gasteiger partial charge on any atom is -0.494 e. The lowest BCUT2D eigenvalue weighted by molar-refractivity contribution is 0.386. The molecule has 1 atom stereocenters. The van der Waals surface area contributed by atoms with Crippen LogP contribution in [0.2, 0.25) is 5.02 Å². The van der Waals surface area contributed by atoms with Crippen LogP contribution in [0.5, 0.6) is 5.75 Å². The van der Waals surface area contributed by atoms with Crippen molar-refractivity contribution in [1.29, 1.82) is 0 Å². The molecule has 2 aromatic carbocycles. The molecule has 0 saturated heterocycles. The van der Waals surface area contributed by atoms with Crippen LogP contribution in [-0.2, 0) is 6.42 Å². The number of hydrogen-bond acceptors (Lipinski definition) is 1. The minimum absolute atomic E-state index is 0.0573. The Labute approximate surface area is 125 Å². The van der Waals surface area contributed by atoms with Crippen LogP contribution in [0.15, 0.2) is 42.5 Å². The highest BCUT2D eigenvalue weighted by Crippen LogP contribution is 2.32. The van der Waals surface area contributed by atoms with Crippen LogP contribution in [0, 0.1) is 5.82 Å². The summed E-state index contributed by atoms with van der Waals surface area (Å²) in [4.78, 5) is 0.0573. The number of hydrogen-bond donors (Lipinski definition) is 0. The molecule has 1 nitrogen and oxygen atoms in total. The van der Waals surface area contributed by atoms with E-state index in [1.54, 1.807) is 12.1 Å². The van der Waals surface area contributed by atoms with Gasteiger partial charge < -0.3 is 4.74 Å². The van der Waals surface area contributed by atoms with Crippen LogP contribution in [-0.4, -0.2) is 7.11 Å².